The Bertz CT molecular complexity index is 792. The zero-order valence-electron chi connectivity index (χ0n) is 12.0. The molecule has 0 spiro atoms. The number of aromatic amines is 2. The number of aromatic nitrogens is 2. The predicted octanol–water partition coefficient (Wildman–Crippen LogP) is 2.40. The fourth-order valence-corrected chi connectivity index (χ4v) is 2.11. The Balaban J connectivity index is 2.05. The van der Waals surface area contributed by atoms with Gasteiger partial charge in [-0.2, -0.15) is 5.10 Å². The van der Waals surface area contributed by atoms with Crippen molar-refractivity contribution in [3.05, 3.63) is 55.4 Å². The van der Waals surface area contributed by atoms with Gasteiger partial charge >= 0.3 is 0 Å². The minimum absolute atomic E-state index is 0.0528. The summed E-state index contributed by atoms with van der Waals surface area (Å²) in [6.07, 6.45) is -0.0528. The van der Waals surface area contributed by atoms with E-state index in [1.54, 1.807) is 32.0 Å². The van der Waals surface area contributed by atoms with E-state index in [1.165, 1.54) is 0 Å². The number of benzene rings is 1. The lowest BCUT2D eigenvalue weighted by atomic mass is 10.1. The Kier molecular flexibility index (Phi) is 5.05. The highest BCUT2D eigenvalue weighted by Crippen LogP contribution is 2.22. The minimum atomic E-state index is -0.382. The number of carbonyl (C=O) groups is 1. The first kappa shape index (κ1) is 16.3. The molecule has 116 valence electrons. The normalized spacial score (nSPS) is 11.5. The van der Waals surface area contributed by atoms with Crippen LogP contribution in [0.25, 0.3) is 0 Å². The number of nitrogens with one attached hydrogen (secondary N) is 3. The average Bonchev–Trinajstić information content (AvgIpc) is 2.79. The van der Waals surface area contributed by atoms with Gasteiger partial charge in [-0.15, -0.1) is 0 Å². The van der Waals surface area contributed by atoms with Crippen LogP contribution in [0.2, 0.25) is 10.0 Å². The molecule has 1 heterocycles. The standard InChI is InChI=1S/C14H14Cl2N4O2/c1-7(9-3-4-11(15)12(16)5-9)17-19-13(21)6-10-8(2)18-20-14(10)22/h3-5H,6H2,1-2H3,(H,19,21)(H2,18,20,22)/b17-7+. The summed E-state index contributed by atoms with van der Waals surface area (Å²) in [6, 6.07) is 5.07. The monoisotopic (exact) mass is 340 g/mol. The van der Waals surface area contributed by atoms with Gasteiger partial charge in [0, 0.05) is 11.3 Å². The number of H-pyrrole nitrogens is 2. The zero-order chi connectivity index (χ0) is 16.3. The molecule has 6 nitrogen and oxygen atoms in total. The molecule has 1 aromatic carbocycles. The van der Waals surface area contributed by atoms with Crippen molar-refractivity contribution in [3.63, 3.8) is 0 Å². The van der Waals surface area contributed by atoms with Gasteiger partial charge in [0.2, 0.25) is 5.91 Å². The smallest absolute Gasteiger partial charge is 0.267 e. The molecule has 2 aromatic rings. The van der Waals surface area contributed by atoms with Gasteiger partial charge in [0.1, 0.15) is 0 Å². The van der Waals surface area contributed by atoms with E-state index in [0.29, 0.717) is 27.0 Å². The molecule has 1 amide bonds. The quantitative estimate of drug-likeness (QED) is 0.589. The summed E-state index contributed by atoms with van der Waals surface area (Å²) in [5, 5.41) is 9.94. The Morgan fingerprint density at radius 3 is 2.59 bits per heavy atom. The van der Waals surface area contributed by atoms with E-state index in [4.69, 9.17) is 23.2 Å². The lowest BCUT2D eigenvalue weighted by Crippen LogP contribution is -2.24. The van der Waals surface area contributed by atoms with E-state index in [-0.39, 0.29) is 17.9 Å². The van der Waals surface area contributed by atoms with Crippen LogP contribution in [-0.2, 0) is 11.2 Å². The Morgan fingerprint density at radius 2 is 2.00 bits per heavy atom. The molecule has 0 radical (unpaired) electrons. The van der Waals surface area contributed by atoms with E-state index in [9.17, 15) is 9.59 Å². The summed E-state index contributed by atoms with van der Waals surface area (Å²) in [4.78, 5) is 23.3. The number of aryl methyl sites for hydroxylation is 1. The van der Waals surface area contributed by atoms with Crippen molar-refractivity contribution in [2.45, 2.75) is 20.3 Å². The first-order valence-corrected chi connectivity index (χ1v) is 7.18. The number of halogens is 2. The van der Waals surface area contributed by atoms with Gasteiger partial charge in [-0.05, 0) is 31.5 Å². The van der Waals surface area contributed by atoms with Crippen molar-refractivity contribution in [3.8, 4) is 0 Å². The first-order chi connectivity index (χ1) is 10.4. The number of hydrogen-bond donors (Lipinski definition) is 3. The summed E-state index contributed by atoms with van der Waals surface area (Å²) in [5.74, 6) is -0.382. The van der Waals surface area contributed by atoms with Crippen LogP contribution >= 0.6 is 23.2 Å². The fraction of sp³-hybridized carbons (Fsp3) is 0.214. The molecule has 0 bridgehead atoms. The third-order valence-electron chi connectivity index (χ3n) is 3.11. The van der Waals surface area contributed by atoms with Crippen molar-refractivity contribution >= 4 is 34.8 Å². The maximum Gasteiger partial charge on any atom is 0.267 e. The van der Waals surface area contributed by atoms with Crippen LogP contribution in [0.5, 0.6) is 0 Å². The van der Waals surface area contributed by atoms with Gasteiger partial charge in [0.15, 0.2) is 0 Å². The largest absolute Gasteiger partial charge is 0.302 e. The number of amides is 1. The van der Waals surface area contributed by atoms with E-state index in [0.717, 1.165) is 5.56 Å². The Hall–Kier alpha value is -2.05. The minimum Gasteiger partial charge on any atom is -0.302 e. The SMILES string of the molecule is C/C(=N\NC(=O)Cc1c(C)[nH][nH]c1=O)c1ccc(Cl)c(Cl)c1. The highest BCUT2D eigenvalue weighted by molar-refractivity contribution is 6.42. The van der Waals surface area contributed by atoms with Gasteiger partial charge in [0.05, 0.1) is 22.2 Å². The highest BCUT2D eigenvalue weighted by Gasteiger charge is 2.11. The Labute approximate surface area is 136 Å². The number of hydrogen-bond acceptors (Lipinski definition) is 3. The molecule has 1 aromatic heterocycles. The van der Waals surface area contributed by atoms with Gasteiger partial charge in [0.25, 0.3) is 5.56 Å². The second kappa shape index (κ2) is 6.81. The highest BCUT2D eigenvalue weighted by atomic mass is 35.5. The molecule has 0 fully saturated rings. The molecule has 8 heteroatoms. The molecule has 3 N–H and O–H groups in total. The van der Waals surface area contributed by atoms with Crippen LogP contribution in [0.15, 0.2) is 28.1 Å². The molecule has 0 saturated carbocycles. The van der Waals surface area contributed by atoms with E-state index in [1.807, 2.05) is 0 Å². The number of nitrogens with zero attached hydrogens (tertiary/aromatic N) is 1. The van der Waals surface area contributed by atoms with E-state index < -0.39 is 0 Å². The second-order valence-electron chi connectivity index (χ2n) is 4.72. The molecular formula is C14H14Cl2N4O2. The summed E-state index contributed by atoms with van der Waals surface area (Å²) in [5.41, 5.74) is 4.44. The number of rotatable bonds is 4. The van der Waals surface area contributed by atoms with Crippen LogP contribution in [0.4, 0.5) is 0 Å². The van der Waals surface area contributed by atoms with Gasteiger partial charge < -0.3 is 5.10 Å². The molecule has 0 aliphatic heterocycles. The van der Waals surface area contributed by atoms with Gasteiger partial charge in [-0.3, -0.25) is 14.7 Å². The van der Waals surface area contributed by atoms with Gasteiger partial charge in [-0.1, -0.05) is 29.3 Å². The van der Waals surface area contributed by atoms with Gasteiger partial charge in [-0.25, -0.2) is 5.43 Å². The van der Waals surface area contributed by atoms with Crippen molar-refractivity contribution in [1.29, 1.82) is 0 Å². The molecule has 0 saturated heterocycles. The molecule has 0 unspecified atom stereocenters. The number of hydrazone groups is 1. The van der Waals surface area contributed by atoms with Crippen LogP contribution in [0.1, 0.15) is 23.7 Å². The summed E-state index contributed by atoms with van der Waals surface area (Å²) >= 11 is 11.8. The molecule has 0 aliphatic rings. The summed E-state index contributed by atoms with van der Waals surface area (Å²) in [7, 11) is 0. The molecule has 22 heavy (non-hydrogen) atoms. The van der Waals surface area contributed by atoms with Crippen LogP contribution in [0, 0.1) is 6.92 Å². The number of carbonyl (C=O) groups excluding carboxylic acids is 1. The predicted molar refractivity (Wildman–Crippen MR) is 86.7 cm³/mol. The van der Waals surface area contributed by atoms with Crippen LogP contribution < -0.4 is 11.0 Å². The third kappa shape index (κ3) is 3.78. The van der Waals surface area contributed by atoms with E-state index >= 15 is 0 Å². The zero-order valence-corrected chi connectivity index (χ0v) is 13.5. The lowest BCUT2D eigenvalue weighted by Gasteiger charge is -2.04. The van der Waals surface area contributed by atoms with Crippen LogP contribution in [-0.4, -0.2) is 21.8 Å². The topological polar surface area (TPSA) is 90.1 Å². The van der Waals surface area contributed by atoms with Crippen LogP contribution in [0.3, 0.4) is 0 Å². The van der Waals surface area contributed by atoms with E-state index in [2.05, 4.69) is 20.7 Å². The average molecular weight is 341 g/mol. The molecule has 0 atom stereocenters. The van der Waals surface area contributed by atoms with Crippen molar-refractivity contribution in [1.82, 2.24) is 15.6 Å². The van der Waals surface area contributed by atoms with Crippen molar-refractivity contribution < 1.29 is 4.79 Å². The van der Waals surface area contributed by atoms with Crippen molar-refractivity contribution in [2.24, 2.45) is 5.10 Å². The molecule has 0 aliphatic carbocycles. The maximum absolute atomic E-state index is 11.8. The maximum atomic E-state index is 11.8. The lowest BCUT2D eigenvalue weighted by molar-refractivity contribution is -0.120. The summed E-state index contributed by atoms with van der Waals surface area (Å²) in [6.45, 7) is 3.44. The fourth-order valence-electron chi connectivity index (χ4n) is 1.82. The second-order valence-corrected chi connectivity index (χ2v) is 5.53. The third-order valence-corrected chi connectivity index (χ3v) is 3.85. The Morgan fingerprint density at radius 1 is 1.27 bits per heavy atom. The van der Waals surface area contributed by atoms with Crippen molar-refractivity contribution in [2.75, 3.05) is 0 Å². The first-order valence-electron chi connectivity index (χ1n) is 6.43. The molecule has 2 rings (SSSR count). The summed E-state index contributed by atoms with van der Waals surface area (Å²) < 4.78 is 0. The molecular weight excluding hydrogens is 327 g/mol.